The van der Waals surface area contributed by atoms with Crippen LogP contribution in [-0.4, -0.2) is 33.5 Å². The molecule has 4 aromatic rings. The molecule has 0 N–H and O–H groups in total. The minimum atomic E-state index is -1.04. The SMILES string of the molecule is CCC(C)COC1(c2ccc(F)c(F)c2)CCCn2c(-c3ccc(-c4cnc(C)o4)c(OC)c3)nnc21. The third-order valence-corrected chi connectivity index (χ3v) is 7.07. The first kappa shape index (κ1) is 25.1. The van der Waals surface area contributed by atoms with Crippen LogP contribution >= 0.6 is 0 Å². The van der Waals surface area contributed by atoms with E-state index in [0.717, 1.165) is 30.0 Å². The predicted octanol–water partition coefficient (Wildman–Crippen LogP) is 6.30. The number of hydrogen-bond acceptors (Lipinski definition) is 6. The molecule has 0 bridgehead atoms. The van der Waals surface area contributed by atoms with Crippen LogP contribution in [0, 0.1) is 24.5 Å². The highest BCUT2D eigenvalue weighted by Crippen LogP contribution is 2.43. The number of nitrogens with zero attached hydrogens (tertiary/aromatic N) is 4. The molecule has 0 saturated carbocycles. The molecule has 194 valence electrons. The number of aryl methyl sites for hydroxylation is 1. The van der Waals surface area contributed by atoms with E-state index in [1.807, 2.05) is 22.8 Å². The fourth-order valence-electron chi connectivity index (χ4n) is 4.79. The van der Waals surface area contributed by atoms with E-state index in [-0.39, 0.29) is 5.92 Å². The number of benzene rings is 2. The summed E-state index contributed by atoms with van der Waals surface area (Å²) in [6, 6.07) is 9.66. The van der Waals surface area contributed by atoms with Gasteiger partial charge in [-0.1, -0.05) is 32.4 Å². The van der Waals surface area contributed by atoms with E-state index in [1.54, 1.807) is 26.3 Å². The van der Waals surface area contributed by atoms with Crippen molar-refractivity contribution >= 4 is 0 Å². The molecule has 0 saturated heterocycles. The predicted molar refractivity (Wildman–Crippen MR) is 134 cm³/mol. The van der Waals surface area contributed by atoms with E-state index in [0.29, 0.717) is 54.2 Å². The zero-order chi connectivity index (χ0) is 26.2. The van der Waals surface area contributed by atoms with E-state index in [2.05, 4.69) is 29.0 Å². The van der Waals surface area contributed by atoms with Gasteiger partial charge in [-0.05, 0) is 48.6 Å². The molecule has 0 fully saturated rings. The Morgan fingerprint density at radius 1 is 1.14 bits per heavy atom. The van der Waals surface area contributed by atoms with Crippen LogP contribution < -0.4 is 4.74 Å². The smallest absolute Gasteiger partial charge is 0.191 e. The third kappa shape index (κ3) is 4.52. The van der Waals surface area contributed by atoms with Crippen molar-refractivity contribution in [1.29, 1.82) is 0 Å². The molecule has 1 aliphatic heterocycles. The highest BCUT2D eigenvalue weighted by atomic mass is 19.2. The summed E-state index contributed by atoms with van der Waals surface area (Å²) in [4.78, 5) is 4.18. The highest BCUT2D eigenvalue weighted by molar-refractivity contribution is 5.71. The van der Waals surface area contributed by atoms with Crippen LogP contribution in [0.4, 0.5) is 8.78 Å². The van der Waals surface area contributed by atoms with Crippen molar-refractivity contribution in [3.63, 3.8) is 0 Å². The summed E-state index contributed by atoms with van der Waals surface area (Å²) in [5, 5.41) is 9.09. The Kier molecular flexibility index (Phi) is 6.81. The van der Waals surface area contributed by atoms with Gasteiger partial charge in [0.2, 0.25) is 0 Å². The molecule has 0 spiro atoms. The fourth-order valence-corrected chi connectivity index (χ4v) is 4.79. The van der Waals surface area contributed by atoms with Gasteiger partial charge in [0.15, 0.2) is 40.5 Å². The lowest BCUT2D eigenvalue weighted by Gasteiger charge is -2.38. The van der Waals surface area contributed by atoms with Gasteiger partial charge in [-0.25, -0.2) is 13.8 Å². The second kappa shape index (κ2) is 10.0. The first-order chi connectivity index (χ1) is 17.9. The van der Waals surface area contributed by atoms with Crippen LogP contribution in [0.1, 0.15) is 50.4 Å². The highest BCUT2D eigenvalue weighted by Gasteiger charge is 2.44. The van der Waals surface area contributed by atoms with E-state index in [9.17, 15) is 8.78 Å². The number of fused-ring (bicyclic) bond motifs is 1. The van der Waals surface area contributed by atoms with Crippen molar-refractivity contribution in [3.8, 4) is 28.5 Å². The summed E-state index contributed by atoms with van der Waals surface area (Å²) in [5.74, 6) is 1.50. The van der Waals surface area contributed by atoms with Gasteiger partial charge >= 0.3 is 0 Å². The van der Waals surface area contributed by atoms with Gasteiger partial charge in [-0.2, -0.15) is 0 Å². The number of methoxy groups -OCH3 is 1. The summed E-state index contributed by atoms with van der Waals surface area (Å²) >= 11 is 0. The van der Waals surface area contributed by atoms with Gasteiger partial charge in [-0.3, -0.25) is 0 Å². The maximum Gasteiger partial charge on any atom is 0.191 e. The molecule has 2 atom stereocenters. The average Bonchev–Trinajstić information content (AvgIpc) is 3.55. The fraction of sp³-hybridized carbons (Fsp3) is 0.393. The van der Waals surface area contributed by atoms with Crippen LogP contribution in [0.25, 0.3) is 22.7 Å². The number of aromatic nitrogens is 4. The topological polar surface area (TPSA) is 75.2 Å². The van der Waals surface area contributed by atoms with Crippen molar-refractivity contribution in [3.05, 3.63) is 71.5 Å². The Balaban J connectivity index is 1.60. The Labute approximate surface area is 214 Å². The minimum absolute atomic E-state index is 0.288. The standard InChI is InChI=1S/C28H30F2N4O3/c1-5-17(2)16-36-28(20-8-10-22(29)23(30)14-20)11-6-12-34-26(32-33-27(28)34)19-7-9-21(24(13-19)35-4)25-15-31-18(3)37-25/h7-10,13-15,17H,5-6,11-12,16H2,1-4H3. The van der Waals surface area contributed by atoms with Gasteiger partial charge in [0.25, 0.3) is 0 Å². The number of halogens is 2. The molecular formula is C28H30F2N4O3. The Morgan fingerprint density at radius 2 is 1.97 bits per heavy atom. The molecule has 0 amide bonds. The second-order valence-electron chi connectivity index (χ2n) is 9.54. The average molecular weight is 509 g/mol. The molecule has 9 heteroatoms. The lowest BCUT2D eigenvalue weighted by Crippen LogP contribution is -2.39. The quantitative estimate of drug-likeness (QED) is 0.278. The maximum atomic E-state index is 14.4. The maximum absolute atomic E-state index is 14.4. The molecule has 37 heavy (non-hydrogen) atoms. The van der Waals surface area contributed by atoms with E-state index in [4.69, 9.17) is 13.9 Å². The van der Waals surface area contributed by atoms with Crippen molar-refractivity contribution < 1.29 is 22.7 Å². The van der Waals surface area contributed by atoms with Gasteiger partial charge in [0, 0.05) is 19.0 Å². The van der Waals surface area contributed by atoms with Gasteiger partial charge in [0.05, 0.1) is 25.5 Å². The number of rotatable bonds is 8. The Morgan fingerprint density at radius 3 is 2.68 bits per heavy atom. The van der Waals surface area contributed by atoms with Crippen molar-refractivity contribution in [2.24, 2.45) is 5.92 Å². The number of hydrogen-bond donors (Lipinski definition) is 0. The molecule has 0 aliphatic carbocycles. The molecule has 3 heterocycles. The van der Waals surface area contributed by atoms with Crippen molar-refractivity contribution in [1.82, 2.24) is 19.7 Å². The van der Waals surface area contributed by atoms with E-state index >= 15 is 0 Å². The van der Waals surface area contributed by atoms with Crippen LogP contribution in [0.2, 0.25) is 0 Å². The van der Waals surface area contributed by atoms with Crippen LogP contribution in [0.3, 0.4) is 0 Å². The normalized spacial score (nSPS) is 18.0. The molecule has 1 aliphatic rings. The molecule has 2 aromatic heterocycles. The van der Waals surface area contributed by atoms with Crippen molar-refractivity contribution in [2.45, 2.75) is 52.2 Å². The molecule has 0 radical (unpaired) electrons. The minimum Gasteiger partial charge on any atom is -0.496 e. The number of ether oxygens (including phenoxy) is 2. The molecule has 2 unspecified atom stereocenters. The van der Waals surface area contributed by atoms with Crippen LogP contribution in [-0.2, 0) is 16.9 Å². The zero-order valence-corrected chi connectivity index (χ0v) is 21.4. The first-order valence-electron chi connectivity index (χ1n) is 12.5. The largest absolute Gasteiger partial charge is 0.496 e. The zero-order valence-electron chi connectivity index (χ0n) is 21.4. The lowest BCUT2D eigenvalue weighted by atomic mass is 9.85. The van der Waals surface area contributed by atoms with Crippen molar-refractivity contribution in [2.75, 3.05) is 13.7 Å². The summed E-state index contributed by atoms with van der Waals surface area (Å²) in [6.45, 7) is 7.10. The van der Waals surface area contributed by atoms with Gasteiger partial charge in [0.1, 0.15) is 5.75 Å². The monoisotopic (exact) mass is 508 g/mol. The van der Waals surface area contributed by atoms with E-state index < -0.39 is 17.2 Å². The molecule has 7 nitrogen and oxygen atoms in total. The summed E-state index contributed by atoms with van der Waals surface area (Å²) < 4.78 is 48.1. The Hall–Kier alpha value is -3.59. The first-order valence-corrected chi connectivity index (χ1v) is 12.5. The summed E-state index contributed by atoms with van der Waals surface area (Å²) in [7, 11) is 1.60. The van der Waals surface area contributed by atoms with Gasteiger partial charge in [-0.15, -0.1) is 10.2 Å². The lowest BCUT2D eigenvalue weighted by molar-refractivity contribution is -0.0573. The molecular weight excluding hydrogens is 478 g/mol. The second-order valence-corrected chi connectivity index (χ2v) is 9.54. The summed E-state index contributed by atoms with van der Waals surface area (Å²) in [6.07, 6.45) is 3.93. The van der Waals surface area contributed by atoms with Gasteiger partial charge < -0.3 is 18.5 Å². The van der Waals surface area contributed by atoms with E-state index in [1.165, 1.54) is 6.07 Å². The van der Waals surface area contributed by atoms with Crippen LogP contribution in [0.5, 0.6) is 5.75 Å². The van der Waals surface area contributed by atoms with Crippen LogP contribution in [0.15, 0.2) is 47.0 Å². The number of oxazole rings is 1. The Bertz CT molecular complexity index is 1420. The molecule has 5 rings (SSSR count). The third-order valence-electron chi connectivity index (χ3n) is 7.07. The summed E-state index contributed by atoms with van der Waals surface area (Å²) in [5.41, 5.74) is 1.07. The molecule has 2 aromatic carbocycles.